The maximum Gasteiger partial charge on any atom is 0.338 e. The lowest BCUT2D eigenvalue weighted by Gasteiger charge is -2.19. The number of carbonyl (C=O) groups is 2. The molecule has 0 fully saturated rings. The number of aryl methyl sites for hydroxylation is 1. The van der Waals surface area contributed by atoms with Crippen molar-refractivity contribution < 1.29 is 14.3 Å². The second-order valence-electron chi connectivity index (χ2n) is 9.06. The fourth-order valence-electron chi connectivity index (χ4n) is 3.86. The van der Waals surface area contributed by atoms with Gasteiger partial charge >= 0.3 is 5.97 Å². The van der Waals surface area contributed by atoms with Gasteiger partial charge < -0.3 is 4.74 Å². The lowest BCUT2D eigenvalue weighted by Crippen LogP contribution is -2.25. The van der Waals surface area contributed by atoms with Crippen LogP contribution in [0, 0.1) is 0 Å². The third-order valence-corrected chi connectivity index (χ3v) is 5.74. The summed E-state index contributed by atoms with van der Waals surface area (Å²) in [5, 5.41) is 0.477. The van der Waals surface area contributed by atoms with E-state index in [4.69, 9.17) is 4.74 Å². The number of carbonyl (C=O) groups excluding carboxylic acids is 2. The number of Topliss-reactive ketones (excluding diaryl/α,β-unsaturated/α-hetero) is 1. The number of benzene rings is 2. The summed E-state index contributed by atoms with van der Waals surface area (Å²) in [7, 11) is 0. The second kappa shape index (κ2) is 7.76. The molecule has 6 heteroatoms. The fourth-order valence-corrected chi connectivity index (χ4v) is 3.86. The maximum atomic E-state index is 12.7. The van der Waals surface area contributed by atoms with Gasteiger partial charge in [-0.25, -0.2) is 9.78 Å². The summed E-state index contributed by atoms with van der Waals surface area (Å²) in [5.74, 6) is -0.134. The Kier molecular flexibility index (Phi) is 5.25. The average Bonchev–Trinajstić information content (AvgIpc) is 3.21. The minimum atomic E-state index is -0.928. The number of hydrogen-bond donors (Lipinski definition) is 0. The van der Waals surface area contributed by atoms with Crippen molar-refractivity contribution in [2.75, 3.05) is 0 Å². The first kappa shape index (κ1) is 21.0. The molecule has 1 aromatic heterocycles. The standard InChI is InChI=1S/C25H26N2O4/c1-15(22(28)16-7-10-18(11-8-16)25(2,3)4)31-24(30)17-9-12-19-20(14-17)26-21-6-5-13-27(21)23(19)29/h7-12,14-15H,5-6,13H2,1-4H3/t15-/m0/s1. The van der Waals surface area contributed by atoms with Crippen LogP contribution in [0.3, 0.4) is 0 Å². The average molecular weight is 418 g/mol. The van der Waals surface area contributed by atoms with Crippen LogP contribution in [0.25, 0.3) is 10.9 Å². The third-order valence-electron chi connectivity index (χ3n) is 5.74. The number of aromatic nitrogens is 2. The molecule has 0 saturated carbocycles. The van der Waals surface area contributed by atoms with Crippen molar-refractivity contribution in [3.63, 3.8) is 0 Å². The molecule has 6 nitrogen and oxygen atoms in total. The summed E-state index contributed by atoms with van der Waals surface area (Å²) in [5.41, 5.74) is 2.28. The summed E-state index contributed by atoms with van der Waals surface area (Å²) in [6.45, 7) is 8.56. The number of esters is 1. The van der Waals surface area contributed by atoms with Gasteiger partial charge in [0.1, 0.15) is 5.82 Å². The van der Waals surface area contributed by atoms with Crippen molar-refractivity contribution in [1.82, 2.24) is 9.55 Å². The van der Waals surface area contributed by atoms with Gasteiger partial charge in [0.25, 0.3) is 5.56 Å². The van der Waals surface area contributed by atoms with Gasteiger partial charge in [-0.15, -0.1) is 0 Å². The monoisotopic (exact) mass is 418 g/mol. The Morgan fingerprint density at radius 3 is 2.42 bits per heavy atom. The molecule has 0 aliphatic carbocycles. The number of rotatable bonds is 4. The van der Waals surface area contributed by atoms with Crippen LogP contribution >= 0.6 is 0 Å². The highest BCUT2D eigenvalue weighted by Gasteiger charge is 2.23. The summed E-state index contributed by atoms with van der Waals surface area (Å²) in [6, 6.07) is 12.1. The molecule has 31 heavy (non-hydrogen) atoms. The topological polar surface area (TPSA) is 78.3 Å². The first-order chi connectivity index (χ1) is 14.6. The SMILES string of the molecule is C[C@H](OC(=O)c1ccc2c(=O)n3c(nc2c1)CCC3)C(=O)c1ccc(C(C)(C)C)cc1. The molecule has 0 saturated heterocycles. The van der Waals surface area contributed by atoms with Crippen molar-refractivity contribution in [2.24, 2.45) is 0 Å². The van der Waals surface area contributed by atoms with Crippen LogP contribution in [0.5, 0.6) is 0 Å². The van der Waals surface area contributed by atoms with Gasteiger partial charge in [-0.1, -0.05) is 45.0 Å². The lowest BCUT2D eigenvalue weighted by molar-refractivity contribution is 0.0319. The summed E-state index contributed by atoms with van der Waals surface area (Å²) in [4.78, 5) is 42.5. The van der Waals surface area contributed by atoms with Crippen LogP contribution in [0.4, 0.5) is 0 Å². The van der Waals surface area contributed by atoms with Crippen LogP contribution in [0.15, 0.2) is 47.3 Å². The maximum absolute atomic E-state index is 12.7. The third kappa shape index (κ3) is 4.02. The van der Waals surface area contributed by atoms with E-state index in [9.17, 15) is 14.4 Å². The van der Waals surface area contributed by atoms with E-state index >= 15 is 0 Å². The van der Waals surface area contributed by atoms with Crippen molar-refractivity contribution >= 4 is 22.7 Å². The molecule has 0 bridgehead atoms. The smallest absolute Gasteiger partial charge is 0.338 e. The highest BCUT2D eigenvalue weighted by Crippen LogP contribution is 2.23. The van der Waals surface area contributed by atoms with E-state index in [2.05, 4.69) is 25.8 Å². The van der Waals surface area contributed by atoms with Gasteiger partial charge in [-0.3, -0.25) is 14.2 Å². The number of hydrogen-bond acceptors (Lipinski definition) is 5. The molecular formula is C25H26N2O4. The van der Waals surface area contributed by atoms with E-state index in [-0.39, 0.29) is 22.3 Å². The van der Waals surface area contributed by atoms with Crippen LogP contribution in [0.2, 0.25) is 0 Å². The van der Waals surface area contributed by atoms with E-state index < -0.39 is 12.1 Å². The van der Waals surface area contributed by atoms with Crippen LogP contribution < -0.4 is 5.56 Å². The zero-order valence-corrected chi connectivity index (χ0v) is 18.3. The van der Waals surface area contributed by atoms with Crippen LogP contribution in [-0.4, -0.2) is 27.4 Å². The highest BCUT2D eigenvalue weighted by atomic mass is 16.5. The Morgan fingerprint density at radius 1 is 1.06 bits per heavy atom. The van der Waals surface area contributed by atoms with E-state index in [0.717, 1.165) is 24.2 Å². The Hall–Kier alpha value is -3.28. The Morgan fingerprint density at radius 2 is 1.74 bits per heavy atom. The lowest BCUT2D eigenvalue weighted by atomic mass is 9.86. The molecule has 4 rings (SSSR count). The van der Waals surface area contributed by atoms with Gasteiger partial charge in [0.05, 0.1) is 16.5 Å². The first-order valence-electron chi connectivity index (χ1n) is 10.5. The number of ketones is 1. The van der Waals surface area contributed by atoms with Crippen molar-refractivity contribution in [3.05, 3.63) is 75.3 Å². The quantitative estimate of drug-likeness (QED) is 0.471. The molecule has 3 aromatic rings. The fraction of sp³-hybridized carbons (Fsp3) is 0.360. The van der Waals surface area contributed by atoms with Gasteiger partial charge in [-0.05, 0) is 42.5 Å². The molecule has 0 amide bonds. The van der Waals surface area contributed by atoms with E-state index in [1.165, 1.54) is 0 Å². The van der Waals surface area contributed by atoms with E-state index in [1.807, 2.05) is 12.1 Å². The molecule has 1 aliphatic rings. The predicted molar refractivity (Wildman–Crippen MR) is 119 cm³/mol. The van der Waals surface area contributed by atoms with E-state index in [1.54, 1.807) is 41.8 Å². The summed E-state index contributed by atoms with van der Waals surface area (Å²) < 4.78 is 7.11. The number of fused-ring (bicyclic) bond motifs is 2. The second-order valence-corrected chi connectivity index (χ2v) is 9.06. The molecule has 1 aliphatic heterocycles. The van der Waals surface area contributed by atoms with Crippen molar-refractivity contribution in [3.8, 4) is 0 Å². The van der Waals surface area contributed by atoms with Crippen LogP contribution in [0.1, 0.15) is 66.2 Å². The van der Waals surface area contributed by atoms with Gasteiger partial charge in [0, 0.05) is 18.5 Å². The molecule has 0 spiro atoms. The zero-order chi connectivity index (χ0) is 22.3. The minimum absolute atomic E-state index is 0.00758. The summed E-state index contributed by atoms with van der Waals surface area (Å²) >= 11 is 0. The normalized spacial score (nSPS) is 14.3. The predicted octanol–water partition coefficient (Wildman–Crippen LogP) is 4.07. The molecule has 2 aromatic carbocycles. The molecular weight excluding hydrogens is 392 g/mol. The minimum Gasteiger partial charge on any atom is -0.451 e. The Bertz CT molecular complexity index is 1230. The number of ether oxygens (including phenoxy) is 1. The molecule has 0 unspecified atom stereocenters. The van der Waals surface area contributed by atoms with Crippen molar-refractivity contribution in [1.29, 1.82) is 0 Å². The molecule has 0 N–H and O–H groups in total. The largest absolute Gasteiger partial charge is 0.451 e. The van der Waals surface area contributed by atoms with E-state index in [0.29, 0.717) is 23.0 Å². The van der Waals surface area contributed by atoms with Gasteiger partial charge in [-0.2, -0.15) is 0 Å². The Labute approximate surface area is 180 Å². The first-order valence-corrected chi connectivity index (χ1v) is 10.5. The molecule has 1 atom stereocenters. The molecule has 160 valence electrons. The van der Waals surface area contributed by atoms with Crippen LogP contribution in [-0.2, 0) is 23.1 Å². The Balaban J connectivity index is 1.52. The highest BCUT2D eigenvalue weighted by molar-refractivity contribution is 6.02. The molecule has 2 heterocycles. The van der Waals surface area contributed by atoms with Gasteiger partial charge in [0.15, 0.2) is 6.10 Å². The summed E-state index contributed by atoms with van der Waals surface area (Å²) in [6.07, 6.45) is 0.714. The molecule has 0 radical (unpaired) electrons. The van der Waals surface area contributed by atoms with Gasteiger partial charge in [0.2, 0.25) is 5.78 Å². The zero-order valence-electron chi connectivity index (χ0n) is 18.3. The number of nitrogens with zero attached hydrogens (tertiary/aromatic N) is 2. The van der Waals surface area contributed by atoms with Crippen molar-refractivity contribution in [2.45, 2.75) is 58.6 Å².